The van der Waals surface area contributed by atoms with Crippen molar-refractivity contribution in [3.05, 3.63) is 59.4 Å². The molecule has 0 heterocycles. The monoisotopic (exact) mass is 329 g/mol. The number of rotatable bonds is 13. The van der Waals surface area contributed by atoms with E-state index in [-0.39, 0.29) is 0 Å². The fourth-order valence-electron chi connectivity index (χ4n) is 2.66. The Hall–Kier alpha value is -1.50. The molecule has 0 aromatic rings. The van der Waals surface area contributed by atoms with Gasteiger partial charge in [0, 0.05) is 12.7 Å². The van der Waals surface area contributed by atoms with Crippen LogP contribution in [0, 0.1) is 0 Å². The van der Waals surface area contributed by atoms with Crippen molar-refractivity contribution in [1.29, 1.82) is 0 Å². The van der Waals surface area contributed by atoms with Crippen LogP contribution in [0.25, 0.3) is 0 Å². The first-order chi connectivity index (χ1) is 11.5. The Bertz CT molecular complexity index is 474. The normalized spacial score (nSPS) is 13.5. The van der Waals surface area contributed by atoms with Crippen LogP contribution in [0.2, 0.25) is 0 Å². The van der Waals surface area contributed by atoms with Gasteiger partial charge in [0.05, 0.1) is 0 Å². The van der Waals surface area contributed by atoms with Gasteiger partial charge in [-0.2, -0.15) is 0 Å². The lowest BCUT2D eigenvalue weighted by molar-refractivity contribution is 0.706. The fraction of sp³-hybridized carbons (Fsp3) is 0.565. The number of hydrogen-bond acceptors (Lipinski definition) is 1. The van der Waals surface area contributed by atoms with E-state index in [1.807, 2.05) is 6.08 Å². The highest BCUT2D eigenvalue weighted by Gasteiger charge is 2.05. The zero-order chi connectivity index (χ0) is 18.4. The fourth-order valence-corrected chi connectivity index (χ4v) is 2.66. The standard InChI is InChI=1S/C23H39N/c1-8-12-13-16-22(20(6)14-9-2)17-24-18-23(15-10-3)21(7)19(5)11-4/h10,15,17,24H,3,6,8-9,11-14,16,18H2,1-2,4-5,7H3/b21-19+,22-17+,23-15-. The second kappa shape index (κ2) is 13.9. The highest BCUT2D eigenvalue weighted by molar-refractivity contribution is 5.37. The van der Waals surface area contributed by atoms with Crippen LogP contribution in [0.5, 0.6) is 0 Å². The molecule has 0 aromatic carbocycles. The van der Waals surface area contributed by atoms with Gasteiger partial charge >= 0.3 is 0 Å². The molecule has 0 aromatic heterocycles. The van der Waals surface area contributed by atoms with Crippen LogP contribution in [0.15, 0.2) is 59.4 Å². The summed E-state index contributed by atoms with van der Waals surface area (Å²) in [5.41, 5.74) is 6.80. The van der Waals surface area contributed by atoms with Crippen LogP contribution in [-0.4, -0.2) is 6.54 Å². The number of hydrogen-bond donors (Lipinski definition) is 1. The van der Waals surface area contributed by atoms with E-state index < -0.39 is 0 Å². The second-order valence-corrected chi connectivity index (χ2v) is 6.55. The molecule has 0 saturated carbocycles. The van der Waals surface area contributed by atoms with Gasteiger partial charge in [0.15, 0.2) is 0 Å². The highest BCUT2D eigenvalue weighted by atomic mass is 14.8. The minimum Gasteiger partial charge on any atom is -0.387 e. The maximum atomic E-state index is 4.29. The van der Waals surface area contributed by atoms with Gasteiger partial charge in [0.2, 0.25) is 0 Å². The van der Waals surface area contributed by atoms with Gasteiger partial charge in [0.25, 0.3) is 0 Å². The lowest BCUT2D eigenvalue weighted by atomic mass is 9.98. The van der Waals surface area contributed by atoms with E-state index in [0.717, 1.165) is 32.2 Å². The lowest BCUT2D eigenvalue weighted by Crippen LogP contribution is -2.13. The molecular weight excluding hydrogens is 290 g/mol. The molecular formula is C23H39N. The molecule has 0 saturated heterocycles. The summed E-state index contributed by atoms with van der Waals surface area (Å²) in [4.78, 5) is 0. The third kappa shape index (κ3) is 8.96. The van der Waals surface area contributed by atoms with Crippen LogP contribution < -0.4 is 5.32 Å². The van der Waals surface area contributed by atoms with Crippen molar-refractivity contribution in [2.24, 2.45) is 0 Å². The number of allylic oxidation sites excluding steroid dienone is 5. The summed E-state index contributed by atoms with van der Waals surface area (Å²) in [5, 5.41) is 3.52. The molecule has 0 spiro atoms. The summed E-state index contributed by atoms with van der Waals surface area (Å²) < 4.78 is 0. The van der Waals surface area contributed by atoms with Gasteiger partial charge in [-0.05, 0) is 56.3 Å². The van der Waals surface area contributed by atoms with Crippen LogP contribution in [0.3, 0.4) is 0 Å². The summed E-state index contributed by atoms with van der Waals surface area (Å²) in [6.45, 7) is 20.1. The molecule has 1 N–H and O–H groups in total. The van der Waals surface area contributed by atoms with E-state index in [1.54, 1.807) is 0 Å². The molecule has 0 aliphatic carbocycles. The largest absolute Gasteiger partial charge is 0.387 e. The van der Waals surface area contributed by atoms with Crippen LogP contribution in [-0.2, 0) is 0 Å². The second-order valence-electron chi connectivity index (χ2n) is 6.55. The van der Waals surface area contributed by atoms with E-state index in [2.05, 4.69) is 65.4 Å². The Morgan fingerprint density at radius 2 is 1.67 bits per heavy atom. The van der Waals surface area contributed by atoms with Crippen molar-refractivity contribution >= 4 is 0 Å². The first-order valence-corrected chi connectivity index (χ1v) is 9.60. The van der Waals surface area contributed by atoms with E-state index in [1.165, 1.54) is 47.1 Å². The van der Waals surface area contributed by atoms with Gasteiger partial charge in [0.1, 0.15) is 0 Å². The van der Waals surface area contributed by atoms with E-state index in [9.17, 15) is 0 Å². The zero-order valence-corrected chi connectivity index (χ0v) is 16.8. The molecule has 1 nitrogen and oxygen atoms in total. The van der Waals surface area contributed by atoms with Crippen LogP contribution >= 0.6 is 0 Å². The predicted octanol–water partition coefficient (Wildman–Crippen LogP) is 7.26. The molecule has 0 rings (SSSR count). The molecule has 0 atom stereocenters. The number of nitrogens with one attached hydrogen (secondary N) is 1. The molecule has 0 aliphatic heterocycles. The Morgan fingerprint density at radius 3 is 2.21 bits per heavy atom. The molecule has 0 fully saturated rings. The summed E-state index contributed by atoms with van der Waals surface area (Å²) in [6.07, 6.45) is 14.4. The summed E-state index contributed by atoms with van der Waals surface area (Å²) in [5.74, 6) is 0. The first kappa shape index (κ1) is 22.5. The lowest BCUT2D eigenvalue weighted by Gasteiger charge is -2.14. The van der Waals surface area contributed by atoms with Crippen molar-refractivity contribution in [3.8, 4) is 0 Å². The molecule has 0 aliphatic rings. The first-order valence-electron chi connectivity index (χ1n) is 9.60. The maximum absolute atomic E-state index is 4.29. The van der Waals surface area contributed by atoms with Crippen molar-refractivity contribution in [3.63, 3.8) is 0 Å². The molecule has 0 bridgehead atoms. The molecule has 24 heavy (non-hydrogen) atoms. The van der Waals surface area contributed by atoms with Crippen LogP contribution in [0.1, 0.15) is 79.6 Å². The van der Waals surface area contributed by atoms with Crippen molar-refractivity contribution in [2.45, 2.75) is 79.6 Å². The van der Waals surface area contributed by atoms with E-state index in [4.69, 9.17) is 0 Å². The average molecular weight is 330 g/mol. The minimum absolute atomic E-state index is 0.839. The van der Waals surface area contributed by atoms with Gasteiger partial charge in [-0.1, -0.05) is 76.5 Å². The van der Waals surface area contributed by atoms with Crippen molar-refractivity contribution < 1.29 is 0 Å². The van der Waals surface area contributed by atoms with Gasteiger partial charge in [-0.15, -0.1) is 0 Å². The highest BCUT2D eigenvalue weighted by Crippen LogP contribution is 2.20. The van der Waals surface area contributed by atoms with Gasteiger partial charge in [-0.25, -0.2) is 0 Å². The summed E-state index contributed by atoms with van der Waals surface area (Å²) in [6, 6.07) is 0. The Balaban J connectivity index is 5.00. The SMILES string of the molecule is C=C/C=C(CN/C=C(\CCCCC)C(=C)CCC)\C(C)=C(/C)CC. The Morgan fingerprint density at radius 1 is 0.958 bits per heavy atom. The molecule has 0 radical (unpaired) electrons. The third-order valence-corrected chi connectivity index (χ3v) is 4.60. The average Bonchev–Trinajstić information content (AvgIpc) is 2.58. The third-order valence-electron chi connectivity index (χ3n) is 4.60. The van der Waals surface area contributed by atoms with Gasteiger partial charge in [-0.3, -0.25) is 0 Å². The molecule has 1 heteroatoms. The molecule has 0 amide bonds. The smallest absolute Gasteiger partial charge is 0.0398 e. The van der Waals surface area contributed by atoms with Crippen LogP contribution in [0.4, 0.5) is 0 Å². The predicted molar refractivity (Wildman–Crippen MR) is 111 cm³/mol. The summed E-state index contributed by atoms with van der Waals surface area (Å²) in [7, 11) is 0. The summed E-state index contributed by atoms with van der Waals surface area (Å²) >= 11 is 0. The molecule has 136 valence electrons. The Labute approximate surface area is 151 Å². The minimum atomic E-state index is 0.839. The van der Waals surface area contributed by atoms with E-state index in [0.29, 0.717) is 0 Å². The van der Waals surface area contributed by atoms with E-state index >= 15 is 0 Å². The topological polar surface area (TPSA) is 12.0 Å². The molecule has 0 unspecified atom stereocenters. The quantitative estimate of drug-likeness (QED) is 0.277. The maximum Gasteiger partial charge on any atom is 0.0398 e. The van der Waals surface area contributed by atoms with Gasteiger partial charge < -0.3 is 5.32 Å². The Kier molecular flexibility index (Phi) is 13.0. The number of unbranched alkanes of at least 4 members (excludes halogenated alkanes) is 2. The zero-order valence-electron chi connectivity index (χ0n) is 16.8. The van der Waals surface area contributed by atoms with Crippen molar-refractivity contribution in [1.82, 2.24) is 5.32 Å². The van der Waals surface area contributed by atoms with Crippen molar-refractivity contribution in [2.75, 3.05) is 6.54 Å².